The van der Waals surface area contributed by atoms with Crippen molar-refractivity contribution in [3.05, 3.63) is 0 Å². The number of likely N-dealkylation sites (tertiary alicyclic amines) is 1. The first-order valence-corrected chi connectivity index (χ1v) is 6.80. The summed E-state index contributed by atoms with van der Waals surface area (Å²) < 4.78 is 0. The van der Waals surface area contributed by atoms with Crippen molar-refractivity contribution in [2.24, 2.45) is 11.8 Å². The summed E-state index contributed by atoms with van der Waals surface area (Å²) in [4.78, 5) is 2.43. The van der Waals surface area contributed by atoms with Crippen molar-refractivity contribution in [2.75, 3.05) is 20.1 Å². The van der Waals surface area contributed by atoms with Gasteiger partial charge in [0.05, 0.1) is 0 Å². The molecular formula is C14H31N. The summed E-state index contributed by atoms with van der Waals surface area (Å²) in [5.74, 6) is 1.89. The Morgan fingerprint density at radius 3 is 1.80 bits per heavy atom. The molecule has 0 spiro atoms. The Morgan fingerprint density at radius 1 is 1.07 bits per heavy atom. The van der Waals surface area contributed by atoms with Crippen LogP contribution in [0.3, 0.4) is 0 Å². The third kappa shape index (κ3) is 7.84. The zero-order valence-electron chi connectivity index (χ0n) is 11.6. The highest BCUT2D eigenvalue weighted by Crippen LogP contribution is 2.23. The van der Waals surface area contributed by atoms with Crippen molar-refractivity contribution < 1.29 is 0 Å². The molecule has 1 heteroatoms. The summed E-state index contributed by atoms with van der Waals surface area (Å²) in [5, 5.41) is 0. The molecule has 0 aliphatic carbocycles. The first kappa shape index (κ1) is 15.0. The number of piperidine rings is 1. The van der Waals surface area contributed by atoms with Gasteiger partial charge in [-0.05, 0) is 44.8 Å². The highest BCUT2D eigenvalue weighted by molar-refractivity contribution is 4.71. The molecule has 0 atom stereocenters. The summed E-state index contributed by atoms with van der Waals surface area (Å²) in [5.41, 5.74) is 0. The lowest BCUT2D eigenvalue weighted by molar-refractivity contribution is 0.185. The quantitative estimate of drug-likeness (QED) is 0.680. The summed E-state index contributed by atoms with van der Waals surface area (Å²) in [6.07, 6.45) is 6.90. The molecule has 0 saturated carbocycles. The van der Waals surface area contributed by atoms with E-state index < -0.39 is 0 Å². The molecule has 0 bridgehead atoms. The van der Waals surface area contributed by atoms with E-state index in [1.807, 2.05) is 0 Å². The van der Waals surface area contributed by atoms with Crippen LogP contribution >= 0.6 is 0 Å². The van der Waals surface area contributed by atoms with Crippen molar-refractivity contribution >= 4 is 0 Å². The summed E-state index contributed by atoms with van der Waals surface area (Å²) in [7, 11) is 2.22. The molecule has 1 fully saturated rings. The lowest BCUT2D eigenvalue weighted by Gasteiger charge is -2.31. The van der Waals surface area contributed by atoms with E-state index in [0.29, 0.717) is 0 Å². The molecule has 0 aromatic carbocycles. The maximum absolute atomic E-state index is 2.43. The van der Waals surface area contributed by atoms with E-state index in [1.165, 1.54) is 45.2 Å². The van der Waals surface area contributed by atoms with Crippen LogP contribution in [0.5, 0.6) is 0 Å². The number of hydrogen-bond acceptors (Lipinski definition) is 1. The van der Waals surface area contributed by atoms with Gasteiger partial charge in [-0.1, -0.05) is 47.0 Å². The summed E-state index contributed by atoms with van der Waals surface area (Å²) in [6, 6.07) is 0. The second-order valence-corrected chi connectivity index (χ2v) is 5.24. The Morgan fingerprint density at radius 2 is 1.53 bits per heavy atom. The molecule has 0 unspecified atom stereocenters. The lowest BCUT2D eigenvalue weighted by atomic mass is 9.87. The zero-order chi connectivity index (χ0) is 11.7. The highest BCUT2D eigenvalue weighted by atomic mass is 15.1. The standard InChI is InChI=1S/C9H19N.C5H12/c1-8(2)9-4-6-10(3)7-5-9;1-3-5-4-2/h8-9H,4-7H2,1-3H3;3-5H2,1-2H3. The molecule has 1 heterocycles. The van der Waals surface area contributed by atoms with E-state index in [1.54, 1.807) is 0 Å². The van der Waals surface area contributed by atoms with Crippen LogP contribution in [0, 0.1) is 11.8 Å². The minimum absolute atomic E-state index is 0.897. The Bertz CT molecular complexity index is 121. The third-order valence-corrected chi connectivity index (χ3v) is 3.41. The Balaban J connectivity index is 0.000000336. The second kappa shape index (κ2) is 9.21. The average Bonchev–Trinajstić information content (AvgIpc) is 2.20. The van der Waals surface area contributed by atoms with Gasteiger partial charge in [-0.2, -0.15) is 0 Å². The smallest absolute Gasteiger partial charge is 0.00190 e. The number of nitrogens with zero attached hydrogens (tertiary/aromatic N) is 1. The number of hydrogen-bond donors (Lipinski definition) is 0. The van der Waals surface area contributed by atoms with Crippen molar-refractivity contribution in [2.45, 2.75) is 59.8 Å². The number of unbranched alkanes of at least 4 members (excludes halogenated alkanes) is 2. The Kier molecular flexibility index (Phi) is 9.18. The van der Waals surface area contributed by atoms with Gasteiger partial charge in [0.25, 0.3) is 0 Å². The van der Waals surface area contributed by atoms with Crippen LogP contribution in [0.15, 0.2) is 0 Å². The largest absolute Gasteiger partial charge is 0.306 e. The van der Waals surface area contributed by atoms with Gasteiger partial charge in [0.1, 0.15) is 0 Å². The Labute approximate surface area is 97.2 Å². The lowest BCUT2D eigenvalue weighted by Crippen LogP contribution is -2.32. The topological polar surface area (TPSA) is 3.24 Å². The van der Waals surface area contributed by atoms with E-state index in [-0.39, 0.29) is 0 Å². The van der Waals surface area contributed by atoms with E-state index in [4.69, 9.17) is 0 Å². The molecule has 0 amide bonds. The molecule has 1 nitrogen and oxygen atoms in total. The normalized spacial score (nSPS) is 18.8. The van der Waals surface area contributed by atoms with Gasteiger partial charge in [-0.15, -0.1) is 0 Å². The Hall–Kier alpha value is -0.0400. The van der Waals surface area contributed by atoms with E-state index in [9.17, 15) is 0 Å². The first-order chi connectivity index (χ1) is 7.11. The van der Waals surface area contributed by atoms with E-state index in [0.717, 1.165) is 11.8 Å². The maximum atomic E-state index is 2.43. The SMILES string of the molecule is CC(C)C1CCN(C)CC1.CCCCC. The average molecular weight is 213 g/mol. The molecule has 1 aliphatic rings. The van der Waals surface area contributed by atoms with Gasteiger partial charge in [-0.3, -0.25) is 0 Å². The van der Waals surface area contributed by atoms with Gasteiger partial charge in [0, 0.05) is 0 Å². The summed E-state index contributed by atoms with van der Waals surface area (Å²) >= 11 is 0. The fourth-order valence-corrected chi connectivity index (χ4v) is 2.05. The summed E-state index contributed by atoms with van der Waals surface area (Å²) in [6.45, 7) is 11.7. The minimum Gasteiger partial charge on any atom is -0.306 e. The third-order valence-electron chi connectivity index (χ3n) is 3.41. The monoisotopic (exact) mass is 213 g/mol. The predicted molar refractivity (Wildman–Crippen MR) is 70.3 cm³/mol. The van der Waals surface area contributed by atoms with Crippen molar-refractivity contribution in [3.8, 4) is 0 Å². The molecule has 0 radical (unpaired) electrons. The highest BCUT2D eigenvalue weighted by Gasteiger charge is 2.18. The van der Waals surface area contributed by atoms with Crippen LogP contribution in [0.2, 0.25) is 0 Å². The predicted octanol–water partition coefficient (Wildman–Crippen LogP) is 4.18. The minimum atomic E-state index is 0.897. The van der Waals surface area contributed by atoms with E-state index in [2.05, 4.69) is 39.6 Å². The van der Waals surface area contributed by atoms with Gasteiger partial charge >= 0.3 is 0 Å². The van der Waals surface area contributed by atoms with Crippen LogP contribution in [-0.4, -0.2) is 25.0 Å². The molecule has 0 aromatic heterocycles. The first-order valence-electron chi connectivity index (χ1n) is 6.80. The van der Waals surface area contributed by atoms with Crippen LogP contribution in [0.25, 0.3) is 0 Å². The van der Waals surface area contributed by atoms with Crippen molar-refractivity contribution in [3.63, 3.8) is 0 Å². The fourth-order valence-electron chi connectivity index (χ4n) is 2.05. The molecular weight excluding hydrogens is 182 g/mol. The molecule has 1 saturated heterocycles. The molecule has 92 valence electrons. The second-order valence-electron chi connectivity index (χ2n) is 5.24. The van der Waals surface area contributed by atoms with Crippen LogP contribution in [-0.2, 0) is 0 Å². The molecule has 0 N–H and O–H groups in total. The van der Waals surface area contributed by atoms with Crippen LogP contribution in [0.1, 0.15) is 59.8 Å². The van der Waals surface area contributed by atoms with Crippen LogP contribution in [0.4, 0.5) is 0 Å². The van der Waals surface area contributed by atoms with Crippen molar-refractivity contribution in [1.29, 1.82) is 0 Å². The van der Waals surface area contributed by atoms with E-state index >= 15 is 0 Å². The van der Waals surface area contributed by atoms with Gasteiger partial charge in [0.2, 0.25) is 0 Å². The fraction of sp³-hybridized carbons (Fsp3) is 1.00. The zero-order valence-corrected chi connectivity index (χ0v) is 11.6. The van der Waals surface area contributed by atoms with Gasteiger partial charge in [-0.25, -0.2) is 0 Å². The maximum Gasteiger partial charge on any atom is -0.00190 e. The van der Waals surface area contributed by atoms with Crippen molar-refractivity contribution in [1.82, 2.24) is 4.90 Å². The molecule has 1 aliphatic heterocycles. The van der Waals surface area contributed by atoms with Gasteiger partial charge in [0.15, 0.2) is 0 Å². The molecule has 1 rings (SSSR count). The van der Waals surface area contributed by atoms with Gasteiger partial charge < -0.3 is 4.90 Å². The molecule has 15 heavy (non-hydrogen) atoms. The number of rotatable bonds is 3. The molecule has 0 aromatic rings. The van der Waals surface area contributed by atoms with Crippen LogP contribution < -0.4 is 0 Å².